The Labute approximate surface area is 75.9 Å². The largest absolute Gasteiger partial charge is 0.283 e. The van der Waals surface area contributed by atoms with E-state index in [2.05, 4.69) is 20.2 Å². The van der Waals surface area contributed by atoms with Crippen LogP contribution in [0.1, 0.15) is 10.4 Å². The first-order chi connectivity index (χ1) is 6.36. The monoisotopic (exact) mass is 190 g/mol. The maximum Gasteiger partial charge on any atom is 0.283 e. The van der Waals surface area contributed by atoms with Crippen molar-refractivity contribution in [3.63, 3.8) is 0 Å². The van der Waals surface area contributed by atoms with Crippen LogP contribution >= 0.6 is 11.3 Å². The van der Waals surface area contributed by atoms with Gasteiger partial charge in [-0.3, -0.25) is 4.79 Å². The van der Waals surface area contributed by atoms with Crippen molar-refractivity contribution < 1.29 is 4.79 Å². The molecule has 3 heterocycles. The summed E-state index contributed by atoms with van der Waals surface area (Å²) in [6, 6.07) is 0. The molecule has 0 saturated carbocycles. The van der Waals surface area contributed by atoms with E-state index in [-0.39, 0.29) is 5.91 Å². The van der Waals surface area contributed by atoms with Gasteiger partial charge in [0.25, 0.3) is 5.91 Å². The number of carbonyl (C=O) groups is 1. The molecule has 1 aromatic rings. The van der Waals surface area contributed by atoms with Gasteiger partial charge in [0.15, 0.2) is 0 Å². The van der Waals surface area contributed by atoms with Crippen LogP contribution in [0.5, 0.6) is 0 Å². The lowest BCUT2D eigenvalue weighted by molar-refractivity contribution is 0.100. The molecule has 62 valence electrons. The van der Waals surface area contributed by atoms with Gasteiger partial charge in [-0.05, 0) is 0 Å². The number of amides is 1. The number of nitrogens with zero attached hydrogens (tertiary/aromatic N) is 4. The molecular formula is C7H2N4OS. The highest BCUT2D eigenvalue weighted by molar-refractivity contribution is 7.08. The fourth-order valence-electron chi connectivity index (χ4n) is 1.24. The molecule has 2 aliphatic rings. The first kappa shape index (κ1) is 6.79. The quantitative estimate of drug-likeness (QED) is 0.583. The summed E-state index contributed by atoms with van der Waals surface area (Å²) in [6.45, 7) is 0. The smallest absolute Gasteiger partial charge is 0.267 e. The third-order valence-corrected chi connectivity index (χ3v) is 2.81. The summed E-state index contributed by atoms with van der Waals surface area (Å²) < 4.78 is 1.56. The Bertz CT molecular complexity index is 580. The van der Waals surface area contributed by atoms with E-state index in [1.165, 1.54) is 17.7 Å². The van der Waals surface area contributed by atoms with Crippen molar-refractivity contribution in [3.8, 4) is 0 Å². The lowest BCUT2D eigenvalue weighted by atomic mass is 10.2. The predicted molar refractivity (Wildman–Crippen MR) is 46.9 cm³/mol. The number of thiophene rings is 1. The van der Waals surface area contributed by atoms with Crippen LogP contribution in [0.15, 0.2) is 20.2 Å². The van der Waals surface area contributed by atoms with Crippen LogP contribution < -0.4 is 9.20 Å². The van der Waals surface area contributed by atoms with Gasteiger partial charge in [-0.25, -0.2) is 4.99 Å². The highest BCUT2D eigenvalue weighted by atomic mass is 32.1. The predicted octanol–water partition coefficient (Wildman–Crippen LogP) is 0.385. The number of fused-ring (bicyclic) bond motifs is 3. The summed E-state index contributed by atoms with van der Waals surface area (Å²) >= 11 is 1.41. The molecule has 0 radical (unpaired) electrons. The zero-order chi connectivity index (χ0) is 8.84. The molecule has 0 aliphatic carbocycles. The summed E-state index contributed by atoms with van der Waals surface area (Å²) in [7, 11) is 0. The van der Waals surface area contributed by atoms with Crippen LogP contribution in [-0.4, -0.2) is 12.2 Å². The van der Waals surface area contributed by atoms with Gasteiger partial charge < -0.3 is 0 Å². The Morgan fingerprint density at radius 2 is 2.31 bits per heavy atom. The Morgan fingerprint density at radius 3 is 3.23 bits per heavy atom. The van der Waals surface area contributed by atoms with E-state index < -0.39 is 0 Å². The number of azo groups is 1. The van der Waals surface area contributed by atoms with Gasteiger partial charge in [-0.2, -0.15) is 10.1 Å². The lowest BCUT2D eigenvalue weighted by Gasteiger charge is -1.94. The van der Waals surface area contributed by atoms with Crippen molar-refractivity contribution >= 4 is 35.5 Å². The molecule has 1 amide bonds. The van der Waals surface area contributed by atoms with Crippen molar-refractivity contribution in [2.45, 2.75) is 0 Å². The average Bonchev–Trinajstić information content (AvgIpc) is 2.62. The second-order valence-electron chi connectivity index (χ2n) is 2.52. The SMILES string of the molecule is O=C1N=CN=c2sc3c(c21)N=NC=3. The lowest BCUT2D eigenvalue weighted by Crippen LogP contribution is -2.12. The van der Waals surface area contributed by atoms with Crippen LogP contribution in [0, 0.1) is 0 Å². The first-order valence-corrected chi connectivity index (χ1v) is 4.36. The topological polar surface area (TPSA) is 66.5 Å². The molecule has 0 atom stereocenters. The van der Waals surface area contributed by atoms with Crippen LogP contribution in [-0.2, 0) is 0 Å². The maximum absolute atomic E-state index is 11.3. The molecule has 0 N–H and O–H groups in total. The fraction of sp³-hybridized carbons (Fsp3) is 0. The Hall–Kier alpha value is -1.69. The second-order valence-corrected chi connectivity index (χ2v) is 3.55. The number of hydrogen-bond donors (Lipinski definition) is 0. The molecule has 1 aromatic heterocycles. The van der Waals surface area contributed by atoms with Gasteiger partial charge in [0.05, 0.1) is 10.7 Å². The molecule has 0 fully saturated rings. The molecule has 0 spiro atoms. The van der Waals surface area contributed by atoms with E-state index in [1.807, 2.05) is 0 Å². The van der Waals surface area contributed by atoms with Gasteiger partial charge >= 0.3 is 0 Å². The van der Waals surface area contributed by atoms with Crippen molar-refractivity contribution in [2.75, 3.05) is 0 Å². The summed E-state index contributed by atoms with van der Waals surface area (Å²) in [5, 5.41) is 7.57. The van der Waals surface area contributed by atoms with Crippen LogP contribution in [0.25, 0.3) is 6.20 Å². The number of rotatable bonds is 0. The molecule has 5 nitrogen and oxygen atoms in total. The Kier molecular flexibility index (Phi) is 1.13. The zero-order valence-electron chi connectivity index (χ0n) is 6.26. The number of carbonyl (C=O) groups excluding carboxylic acids is 1. The van der Waals surface area contributed by atoms with E-state index in [4.69, 9.17) is 0 Å². The van der Waals surface area contributed by atoms with Crippen molar-refractivity contribution in [1.82, 2.24) is 0 Å². The van der Waals surface area contributed by atoms with Gasteiger partial charge in [0.2, 0.25) is 0 Å². The van der Waals surface area contributed by atoms with Gasteiger partial charge in [-0.1, -0.05) is 0 Å². The minimum atomic E-state index is -0.281. The number of aliphatic imine (C=N–C) groups is 1. The summed E-state index contributed by atoms with van der Waals surface area (Å²) in [4.78, 5) is 18.9. The standard InChI is InChI=1S/C7H2N4OS/c12-6-4-5-3(1-10-11-5)13-7(4)9-2-8-6/h1-2H. The first-order valence-electron chi connectivity index (χ1n) is 3.55. The van der Waals surface area contributed by atoms with Gasteiger partial charge in [0.1, 0.15) is 22.3 Å². The van der Waals surface area contributed by atoms with Crippen LogP contribution in [0.3, 0.4) is 0 Å². The van der Waals surface area contributed by atoms with Crippen molar-refractivity contribution in [1.29, 1.82) is 0 Å². The second kappa shape index (κ2) is 2.17. The molecule has 0 unspecified atom stereocenters. The molecule has 2 aliphatic heterocycles. The molecular weight excluding hydrogens is 188 g/mol. The molecule has 0 aromatic carbocycles. The third kappa shape index (κ3) is 0.775. The van der Waals surface area contributed by atoms with E-state index in [1.54, 1.807) is 6.20 Å². The zero-order valence-corrected chi connectivity index (χ0v) is 7.08. The van der Waals surface area contributed by atoms with E-state index >= 15 is 0 Å². The average molecular weight is 190 g/mol. The highest BCUT2D eigenvalue weighted by Gasteiger charge is 2.21. The van der Waals surface area contributed by atoms with E-state index in [0.29, 0.717) is 15.9 Å². The normalized spacial score (nSPS) is 16.5. The Morgan fingerprint density at radius 1 is 1.38 bits per heavy atom. The Balaban J connectivity index is 2.52. The summed E-state index contributed by atoms with van der Waals surface area (Å²) in [6.07, 6.45) is 2.90. The molecule has 6 heteroatoms. The molecule has 3 rings (SSSR count). The van der Waals surface area contributed by atoms with Crippen molar-refractivity contribution in [3.05, 3.63) is 14.8 Å². The molecule has 0 saturated heterocycles. The van der Waals surface area contributed by atoms with Crippen LogP contribution in [0.2, 0.25) is 0 Å². The number of hydrogen-bond acceptors (Lipinski definition) is 5. The third-order valence-electron chi connectivity index (χ3n) is 1.79. The fourth-order valence-corrected chi connectivity index (χ4v) is 2.17. The van der Waals surface area contributed by atoms with Gasteiger partial charge in [0, 0.05) is 0 Å². The van der Waals surface area contributed by atoms with E-state index in [9.17, 15) is 4.79 Å². The highest BCUT2D eigenvalue weighted by Crippen LogP contribution is 2.19. The minimum Gasteiger partial charge on any atom is -0.267 e. The molecule has 13 heavy (non-hydrogen) atoms. The van der Waals surface area contributed by atoms with E-state index in [0.717, 1.165) is 4.53 Å². The van der Waals surface area contributed by atoms with Crippen LogP contribution in [0.4, 0.5) is 5.69 Å². The van der Waals surface area contributed by atoms with Crippen molar-refractivity contribution in [2.24, 2.45) is 20.2 Å². The minimum absolute atomic E-state index is 0.281. The summed E-state index contributed by atoms with van der Waals surface area (Å²) in [5.74, 6) is -0.281. The maximum atomic E-state index is 11.3. The molecule has 0 bridgehead atoms. The van der Waals surface area contributed by atoms with Gasteiger partial charge in [-0.15, -0.1) is 16.5 Å². The summed E-state index contributed by atoms with van der Waals surface area (Å²) in [5.41, 5.74) is 1.10.